The maximum absolute atomic E-state index is 13.8. The lowest BCUT2D eigenvalue weighted by molar-refractivity contribution is 0.0730. The Hall–Kier alpha value is -1.38. The van der Waals surface area contributed by atoms with E-state index in [2.05, 4.69) is 0 Å². The molecule has 0 aliphatic carbocycles. The summed E-state index contributed by atoms with van der Waals surface area (Å²) in [5.41, 5.74) is 2.11. The Balaban J connectivity index is 2.46. The molecule has 0 saturated heterocycles. The van der Waals surface area contributed by atoms with Gasteiger partial charge in [0.2, 0.25) is 0 Å². The number of hydrogen-bond donors (Lipinski definition) is 0. The maximum atomic E-state index is 13.8. The van der Waals surface area contributed by atoms with Crippen molar-refractivity contribution in [2.75, 3.05) is 0 Å². The highest BCUT2D eigenvalue weighted by molar-refractivity contribution is 5.98. The van der Waals surface area contributed by atoms with Crippen LogP contribution in [0.25, 0.3) is 0 Å². The second-order valence-corrected chi connectivity index (χ2v) is 5.21. The minimum absolute atomic E-state index is 0.0249. The molecule has 92 valence electrons. The van der Waals surface area contributed by atoms with Crippen molar-refractivity contribution in [2.45, 2.75) is 46.2 Å². The van der Waals surface area contributed by atoms with Crippen LogP contribution in [-0.2, 0) is 6.54 Å². The van der Waals surface area contributed by atoms with Gasteiger partial charge in [-0.25, -0.2) is 4.39 Å². The molecule has 0 fully saturated rings. The molecule has 1 amide bonds. The predicted molar refractivity (Wildman–Crippen MR) is 65.5 cm³/mol. The van der Waals surface area contributed by atoms with Gasteiger partial charge in [-0.05, 0) is 43.0 Å². The highest BCUT2D eigenvalue weighted by Gasteiger charge is 2.30. The molecule has 17 heavy (non-hydrogen) atoms. The van der Waals surface area contributed by atoms with Crippen LogP contribution in [0.3, 0.4) is 0 Å². The Labute approximate surface area is 101 Å². The number of carbonyl (C=O) groups is 1. The second-order valence-electron chi connectivity index (χ2n) is 5.21. The van der Waals surface area contributed by atoms with E-state index in [0.29, 0.717) is 17.7 Å². The van der Waals surface area contributed by atoms with Crippen LogP contribution in [0, 0.1) is 5.82 Å². The lowest BCUT2D eigenvalue weighted by Crippen LogP contribution is -2.30. The summed E-state index contributed by atoms with van der Waals surface area (Å²) < 4.78 is 13.8. The minimum Gasteiger partial charge on any atom is -0.332 e. The molecule has 1 aromatic rings. The molecule has 2 nitrogen and oxygen atoms in total. The molecule has 2 rings (SSSR count). The summed E-state index contributed by atoms with van der Waals surface area (Å²) in [6, 6.07) is 3.39. The van der Waals surface area contributed by atoms with Crippen LogP contribution in [0.1, 0.15) is 55.1 Å². The van der Waals surface area contributed by atoms with Gasteiger partial charge >= 0.3 is 0 Å². The van der Waals surface area contributed by atoms with Crippen LogP contribution >= 0.6 is 0 Å². The molecule has 0 aromatic heterocycles. The van der Waals surface area contributed by atoms with Gasteiger partial charge in [-0.3, -0.25) is 4.79 Å². The van der Waals surface area contributed by atoms with E-state index in [1.54, 1.807) is 11.0 Å². The lowest BCUT2D eigenvalue weighted by Gasteiger charge is -2.19. The molecule has 1 aliphatic heterocycles. The molecule has 0 bridgehead atoms. The van der Waals surface area contributed by atoms with E-state index in [0.717, 1.165) is 5.56 Å². The summed E-state index contributed by atoms with van der Waals surface area (Å²) in [4.78, 5) is 13.9. The summed E-state index contributed by atoms with van der Waals surface area (Å²) in [6.07, 6.45) is 0. The van der Waals surface area contributed by atoms with E-state index in [9.17, 15) is 9.18 Å². The molecule has 1 aromatic carbocycles. The van der Waals surface area contributed by atoms with Crippen LogP contribution in [0.5, 0.6) is 0 Å². The molecular formula is C14H18FNO. The third-order valence-electron chi connectivity index (χ3n) is 3.30. The molecule has 1 heterocycles. The standard InChI is InChI=1S/C14H18FNO/c1-8(2)11-6-12-10(5-13(11)15)7-16(9(3)4)14(12)17/h5-6,8-9H,7H2,1-4H3. The molecule has 0 unspecified atom stereocenters. The van der Waals surface area contributed by atoms with Crippen molar-refractivity contribution in [1.29, 1.82) is 0 Å². The Kier molecular flexibility index (Phi) is 2.94. The maximum Gasteiger partial charge on any atom is 0.254 e. The topological polar surface area (TPSA) is 20.3 Å². The first-order chi connectivity index (χ1) is 7.91. The summed E-state index contributed by atoms with van der Waals surface area (Å²) in [7, 11) is 0. The van der Waals surface area contributed by atoms with E-state index < -0.39 is 0 Å². The van der Waals surface area contributed by atoms with Crippen molar-refractivity contribution in [1.82, 2.24) is 4.90 Å². The zero-order chi connectivity index (χ0) is 12.7. The fraction of sp³-hybridized carbons (Fsp3) is 0.500. The number of amides is 1. The fourth-order valence-corrected chi connectivity index (χ4v) is 2.23. The van der Waals surface area contributed by atoms with Crippen LogP contribution in [0.4, 0.5) is 4.39 Å². The highest BCUT2D eigenvalue weighted by atomic mass is 19.1. The van der Waals surface area contributed by atoms with Gasteiger partial charge in [0, 0.05) is 18.2 Å². The quantitative estimate of drug-likeness (QED) is 0.770. The number of hydrogen-bond acceptors (Lipinski definition) is 1. The largest absolute Gasteiger partial charge is 0.332 e. The average Bonchev–Trinajstić information content (AvgIpc) is 2.54. The van der Waals surface area contributed by atoms with Gasteiger partial charge < -0.3 is 4.90 Å². The van der Waals surface area contributed by atoms with Gasteiger partial charge in [0.15, 0.2) is 0 Å². The van der Waals surface area contributed by atoms with Crippen molar-refractivity contribution in [3.05, 3.63) is 34.6 Å². The normalized spacial score (nSPS) is 15.0. The molecule has 0 N–H and O–H groups in total. The summed E-state index contributed by atoms with van der Waals surface area (Å²) in [5, 5.41) is 0. The SMILES string of the molecule is CC(C)c1cc2c(cc1F)CN(C(C)C)C2=O. The first-order valence-corrected chi connectivity index (χ1v) is 6.05. The number of rotatable bonds is 2. The number of halogens is 1. The molecule has 0 radical (unpaired) electrons. The number of carbonyl (C=O) groups excluding carboxylic acids is 1. The number of nitrogens with zero attached hydrogens (tertiary/aromatic N) is 1. The van der Waals surface area contributed by atoms with Crippen LogP contribution in [-0.4, -0.2) is 16.8 Å². The van der Waals surface area contributed by atoms with Gasteiger partial charge in [-0.15, -0.1) is 0 Å². The van der Waals surface area contributed by atoms with Crippen molar-refractivity contribution < 1.29 is 9.18 Å². The molecular weight excluding hydrogens is 217 g/mol. The van der Waals surface area contributed by atoms with Gasteiger partial charge in [0.25, 0.3) is 5.91 Å². The average molecular weight is 235 g/mol. The van der Waals surface area contributed by atoms with Gasteiger partial charge in [0.1, 0.15) is 5.82 Å². The van der Waals surface area contributed by atoms with Crippen LogP contribution in [0.2, 0.25) is 0 Å². The third-order valence-corrected chi connectivity index (χ3v) is 3.30. The Morgan fingerprint density at radius 3 is 2.41 bits per heavy atom. The van der Waals surface area contributed by atoms with Gasteiger partial charge in [-0.1, -0.05) is 13.8 Å². The molecule has 0 spiro atoms. The molecule has 0 atom stereocenters. The van der Waals surface area contributed by atoms with Crippen molar-refractivity contribution in [3.63, 3.8) is 0 Å². The minimum atomic E-state index is -0.197. The van der Waals surface area contributed by atoms with Crippen molar-refractivity contribution >= 4 is 5.91 Å². The molecule has 0 saturated carbocycles. The first-order valence-electron chi connectivity index (χ1n) is 6.05. The zero-order valence-corrected chi connectivity index (χ0v) is 10.7. The van der Waals surface area contributed by atoms with E-state index in [1.807, 2.05) is 27.7 Å². The molecule has 3 heteroatoms. The van der Waals surface area contributed by atoms with E-state index in [4.69, 9.17) is 0 Å². The Morgan fingerprint density at radius 1 is 1.24 bits per heavy atom. The Morgan fingerprint density at radius 2 is 1.88 bits per heavy atom. The first kappa shape index (κ1) is 12.1. The third kappa shape index (κ3) is 1.94. The number of benzene rings is 1. The monoisotopic (exact) mass is 235 g/mol. The highest BCUT2D eigenvalue weighted by Crippen LogP contribution is 2.29. The zero-order valence-electron chi connectivity index (χ0n) is 10.7. The second kappa shape index (κ2) is 4.13. The summed E-state index contributed by atoms with van der Waals surface area (Å²) in [6.45, 7) is 8.35. The van der Waals surface area contributed by atoms with Crippen LogP contribution in [0.15, 0.2) is 12.1 Å². The number of fused-ring (bicyclic) bond motifs is 1. The van der Waals surface area contributed by atoms with E-state index >= 15 is 0 Å². The van der Waals surface area contributed by atoms with Gasteiger partial charge in [0.05, 0.1) is 0 Å². The van der Waals surface area contributed by atoms with Crippen molar-refractivity contribution in [3.8, 4) is 0 Å². The summed E-state index contributed by atoms with van der Waals surface area (Å²) in [5.74, 6) is -0.0738. The Bertz CT molecular complexity index is 466. The molecule has 1 aliphatic rings. The van der Waals surface area contributed by atoms with E-state index in [-0.39, 0.29) is 23.7 Å². The van der Waals surface area contributed by atoms with Crippen molar-refractivity contribution in [2.24, 2.45) is 0 Å². The predicted octanol–water partition coefficient (Wildman–Crippen LogP) is 3.31. The fourth-order valence-electron chi connectivity index (χ4n) is 2.23. The lowest BCUT2D eigenvalue weighted by atomic mass is 9.98. The smallest absolute Gasteiger partial charge is 0.254 e. The van der Waals surface area contributed by atoms with Gasteiger partial charge in [-0.2, -0.15) is 0 Å². The van der Waals surface area contributed by atoms with E-state index in [1.165, 1.54) is 6.07 Å². The summed E-state index contributed by atoms with van der Waals surface area (Å²) >= 11 is 0. The van der Waals surface area contributed by atoms with Crippen LogP contribution < -0.4 is 0 Å².